The minimum absolute atomic E-state index is 0.194. The molecule has 10 heteroatoms. The number of aliphatic hydroxyl groups is 1. The number of piperazine rings is 1. The van der Waals surface area contributed by atoms with Gasteiger partial charge in [0.1, 0.15) is 16.7 Å². The molecule has 0 spiro atoms. The van der Waals surface area contributed by atoms with Crippen molar-refractivity contribution in [3.63, 3.8) is 0 Å². The number of hydrogen-bond donors (Lipinski definition) is 2. The van der Waals surface area contributed by atoms with Crippen LogP contribution in [0.25, 0.3) is 10.6 Å². The van der Waals surface area contributed by atoms with Crippen LogP contribution in [-0.2, 0) is 9.53 Å². The topological polar surface area (TPSA) is 112 Å². The van der Waals surface area contributed by atoms with Crippen molar-refractivity contribution in [2.75, 3.05) is 39.4 Å². The minimum Gasteiger partial charge on any atom is -0.449 e. The molecule has 2 aromatic rings. The Hall–Kier alpha value is -2.98. The highest BCUT2D eigenvalue weighted by Crippen LogP contribution is 2.23. The molecule has 1 saturated heterocycles. The maximum Gasteiger partial charge on any atom is 0.409 e. The number of rotatable bonds is 8. The first kappa shape index (κ1) is 23.7. The summed E-state index contributed by atoms with van der Waals surface area (Å²) in [5.41, 5.74) is 1.09. The van der Waals surface area contributed by atoms with Gasteiger partial charge in [-0.3, -0.25) is 9.59 Å². The van der Waals surface area contributed by atoms with E-state index in [-0.39, 0.29) is 11.8 Å². The minimum atomic E-state index is -1.08. The fourth-order valence-corrected chi connectivity index (χ4v) is 4.04. The fraction of sp³-hybridized carbons (Fsp3) is 0.455. The average Bonchev–Trinajstić information content (AvgIpc) is 3.33. The third-order valence-electron chi connectivity index (χ3n) is 5.12. The van der Waals surface area contributed by atoms with Crippen LogP contribution in [-0.4, -0.2) is 83.2 Å². The molecule has 0 radical (unpaired) electrons. The van der Waals surface area contributed by atoms with Crippen molar-refractivity contribution >= 4 is 29.2 Å². The van der Waals surface area contributed by atoms with Crippen LogP contribution in [0.15, 0.2) is 35.7 Å². The molecule has 0 aliphatic carbocycles. The molecule has 1 fully saturated rings. The molecule has 1 aromatic heterocycles. The SMILES string of the molecule is CCCCOC(=O)N1CCN(C(=O)[C@H](CO)NC(=O)c2csc(-c3ccccc3)n2)CC1. The van der Waals surface area contributed by atoms with Gasteiger partial charge in [-0.1, -0.05) is 43.7 Å². The lowest BCUT2D eigenvalue weighted by molar-refractivity contribution is -0.135. The molecule has 9 nitrogen and oxygen atoms in total. The van der Waals surface area contributed by atoms with Crippen LogP contribution in [0.1, 0.15) is 30.3 Å². The van der Waals surface area contributed by atoms with E-state index in [1.54, 1.807) is 10.3 Å². The van der Waals surface area contributed by atoms with Gasteiger partial charge in [0.15, 0.2) is 0 Å². The van der Waals surface area contributed by atoms with Gasteiger partial charge < -0.3 is 25.0 Å². The molecule has 3 amide bonds. The van der Waals surface area contributed by atoms with Gasteiger partial charge >= 0.3 is 6.09 Å². The molecule has 0 unspecified atom stereocenters. The molecule has 172 valence electrons. The monoisotopic (exact) mass is 460 g/mol. The number of ether oxygens (including phenoxy) is 1. The van der Waals surface area contributed by atoms with Crippen molar-refractivity contribution in [1.29, 1.82) is 0 Å². The largest absolute Gasteiger partial charge is 0.449 e. The van der Waals surface area contributed by atoms with Crippen molar-refractivity contribution in [3.05, 3.63) is 41.4 Å². The maximum absolute atomic E-state index is 12.8. The summed E-state index contributed by atoms with van der Waals surface area (Å²) in [6.45, 7) is 3.18. The van der Waals surface area contributed by atoms with Crippen LogP contribution in [0.2, 0.25) is 0 Å². The second kappa shape index (κ2) is 11.6. The van der Waals surface area contributed by atoms with Gasteiger partial charge in [-0.2, -0.15) is 0 Å². The van der Waals surface area contributed by atoms with Crippen LogP contribution in [0.5, 0.6) is 0 Å². The lowest BCUT2D eigenvalue weighted by Crippen LogP contribution is -2.56. The predicted octanol–water partition coefficient (Wildman–Crippen LogP) is 1.98. The van der Waals surface area contributed by atoms with E-state index in [1.807, 2.05) is 37.3 Å². The molecule has 1 aliphatic heterocycles. The van der Waals surface area contributed by atoms with Crippen LogP contribution >= 0.6 is 11.3 Å². The third kappa shape index (κ3) is 6.04. The number of unbranched alkanes of at least 4 members (excludes halogenated alkanes) is 1. The number of aromatic nitrogens is 1. The van der Waals surface area contributed by atoms with Gasteiger partial charge in [-0.25, -0.2) is 9.78 Å². The summed E-state index contributed by atoms with van der Waals surface area (Å²) in [4.78, 5) is 44.9. The van der Waals surface area contributed by atoms with Crippen molar-refractivity contribution in [1.82, 2.24) is 20.1 Å². The number of nitrogens with zero attached hydrogens (tertiary/aromatic N) is 3. The van der Waals surface area contributed by atoms with Gasteiger partial charge in [-0.05, 0) is 6.42 Å². The molecule has 1 aliphatic rings. The number of thiazole rings is 1. The Morgan fingerprint density at radius 1 is 1.16 bits per heavy atom. The van der Waals surface area contributed by atoms with Crippen LogP contribution < -0.4 is 5.32 Å². The molecule has 3 rings (SSSR count). The van der Waals surface area contributed by atoms with Gasteiger partial charge in [0.25, 0.3) is 5.91 Å². The quantitative estimate of drug-likeness (QED) is 0.583. The summed E-state index contributed by atoms with van der Waals surface area (Å²) in [6.07, 6.45) is 1.38. The van der Waals surface area contributed by atoms with Crippen molar-refractivity contribution in [2.45, 2.75) is 25.8 Å². The number of carbonyl (C=O) groups excluding carboxylic acids is 3. The molecule has 2 heterocycles. The number of benzene rings is 1. The maximum atomic E-state index is 12.8. The van der Waals surface area contributed by atoms with E-state index in [9.17, 15) is 19.5 Å². The van der Waals surface area contributed by atoms with Crippen molar-refractivity contribution in [3.8, 4) is 10.6 Å². The fourth-order valence-electron chi connectivity index (χ4n) is 3.23. The van der Waals surface area contributed by atoms with Crippen LogP contribution in [0.3, 0.4) is 0 Å². The highest BCUT2D eigenvalue weighted by molar-refractivity contribution is 7.13. The lowest BCUT2D eigenvalue weighted by atomic mass is 10.2. The molecule has 32 heavy (non-hydrogen) atoms. The normalized spacial score (nSPS) is 14.7. The van der Waals surface area contributed by atoms with E-state index < -0.39 is 24.5 Å². The van der Waals surface area contributed by atoms with Gasteiger partial charge in [0.2, 0.25) is 5.91 Å². The van der Waals surface area contributed by atoms with Gasteiger partial charge in [-0.15, -0.1) is 11.3 Å². The Morgan fingerprint density at radius 3 is 2.50 bits per heavy atom. The van der Waals surface area contributed by atoms with Crippen molar-refractivity contribution < 1.29 is 24.2 Å². The number of hydrogen-bond acceptors (Lipinski definition) is 7. The molecule has 1 aromatic carbocycles. The summed E-state index contributed by atoms with van der Waals surface area (Å²) in [5.74, 6) is -0.910. The number of amides is 3. The van der Waals surface area contributed by atoms with Crippen molar-refractivity contribution in [2.24, 2.45) is 0 Å². The third-order valence-corrected chi connectivity index (χ3v) is 6.01. The van der Waals surface area contributed by atoms with Crippen LogP contribution in [0.4, 0.5) is 4.79 Å². The van der Waals surface area contributed by atoms with E-state index >= 15 is 0 Å². The smallest absolute Gasteiger partial charge is 0.409 e. The number of carbonyl (C=O) groups is 3. The number of nitrogens with one attached hydrogen (secondary N) is 1. The lowest BCUT2D eigenvalue weighted by Gasteiger charge is -2.35. The van der Waals surface area contributed by atoms with E-state index in [0.29, 0.717) is 37.8 Å². The zero-order chi connectivity index (χ0) is 22.9. The molecule has 2 N–H and O–H groups in total. The first-order chi connectivity index (χ1) is 15.5. The molecular weight excluding hydrogens is 432 g/mol. The average molecular weight is 461 g/mol. The highest BCUT2D eigenvalue weighted by atomic mass is 32.1. The van der Waals surface area contributed by atoms with E-state index in [0.717, 1.165) is 18.4 Å². The first-order valence-corrected chi connectivity index (χ1v) is 11.5. The van der Waals surface area contributed by atoms with E-state index in [4.69, 9.17) is 4.74 Å². The summed E-state index contributed by atoms with van der Waals surface area (Å²) in [6, 6.07) is 8.41. The second-order valence-corrected chi connectivity index (χ2v) is 8.25. The molecule has 0 bridgehead atoms. The van der Waals surface area contributed by atoms with Crippen LogP contribution in [0, 0.1) is 0 Å². The van der Waals surface area contributed by atoms with E-state index in [2.05, 4.69) is 10.3 Å². The summed E-state index contributed by atoms with van der Waals surface area (Å²) >= 11 is 1.33. The molecular formula is C22H28N4O5S. The Bertz CT molecular complexity index is 912. The first-order valence-electron chi connectivity index (χ1n) is 10.7. The highest BCUT2D eigenvalue weighted by Gasteiger charge is 2.30. The zero-order valence-corrected chi connectivity index (χ0v) is 18.8. The van der Waals surface area contributed by atoms with E-state index in [1.165, 1.54) is 16.2 Å². The van der Waals surface area contributed by atoms with Gasteiger partial charge in [0, 0.05) is 37.1 Å². The summed E-state index contributed by atoms with van der Waals surface area (Å²) in [7, 11) is 0. The summed E-state index contributed by atoms with van der Waals surface area (Å²) < 4.78 is 5.20. The summed E-state index contributed by atoms with van der Waals surface area (Å²) in [5, 5.41) is 14.6. The Morgan fingerprint density at radius 2 is 1.84 bits per heavy atom. The number of aliphatic hydroxyl groups excluding tert-OH is 1. The zero-order valence-electron chi connectivity index (χ0n) is 18.0. The molecule has 1 atom stereocenters. The predicted molar refractivity (Wildman–Crippen MR) is 120 cm³/mol. The molecule has 0 saturated carbocycles. The second-order valence-electron chi connectivity index (χ2n) is 7.39. The Labute approximate surface area is 191 Å². The standard InChI is InChI=1S/C22H28N4O5S/c1-2-3-13-31-22(30)26-11-9-25(10-12-26)21(29)17(14-27)23-19(28)18-15-32-20(24-18)16-7-5-4-6-8-16/h4-8,15,17,27H,2-3,9-14H2,1H3,(H,23,28)/t17-/m0/s1. The Balaban J connectivity index is 1.52. The Kier molecular flexibility index (Phi) is 8.57. The van der Waals surface area contributed by atoms with Gasteiger partial charge in [0.05, 0.1) is 13.2 Å².